The molecule has 13 heavy (non-hydrogen) atoms. The highest BCUT2D eigenvalue weighted by molar-refractivity contribution is 5.79. The summed E-state index contributed by atoms with van der Waals surface area (Å²) < 4.78 is 0. The molecule has 1 amide bonds. The normalized spacial score (nSPS) is 12.2. The summed E-state index contributed by atoms with van der Waals surface area (Å²) in [5.41, 5.74) is 0. The zero-order valence-corrected chi connectivity index (χ0v) is 7.41. The maximum absolute atomic E-state index is 10.9. The molecule has 0 saturated heterocycles. The lowest BCUT2D eigenvalue weighted by molar-refractivity contribution is -0.146. The molecular weight excluding hydrogens is 176 g/mol. The SMILES string of the molecule is CCNCC(=O)NCC(O)C(=O)O. The Kier molecular flexibility index (Phi) is 5.82. The Morgan fingerprint density at radius 1 is 1.46 bits per heavy atom. The minimum absolute atomic E-state index is 0.128. The molecule has 0 aliphatic heterocycles. The molecular formula is C7H14N2O4. The molecule has 0 rings (SSSR count). The molecule has 0 radical (unpaired) electrons. The van der Waals surface area contributed by atoms with E-state index in [2.05, 4.69) is 10.6 Å². The van der Waals surface area contributed by atoms with Crippen LogP contribution in [0.3, 0.4) is 0 Å². The molecule has 0 bridgehead atoms. The fourth-order valence-electron chi connectivity index (χ4n) is 0.599. The zero-order chi connectivity index (χ0) is 10.3. The number of likely N-dealkylation sites (N-methyl/N-ethyl adjacent to an activating group) is 1. The molecule has 6 nitrogen and oxygen atoms in total. The minimum Gasteiger partial charge on any atom is -0.479 e. The first-order valence-electron chi connectivity index (χ1n) is 3.96. The van der Waals surface area contributed by atoms with Crippen LogP contribution in [-0.2, 0) is 9.59 Å². The Morgan fingerprint density at radius 3 is 2.54 bits per heavy atom. The van der Waals surface area contributed by atoms with Crippen LogP contribution in [0.5, 0.6) is 0 Å². The highest BCUT2D eigenvalue weighted by Gasteiger charge is 2.13. The van der Waals surface area contributed by atoms with E-state index in [1.54, 1.807) is 0 Å². The van der Waals surface area contributed by atoms with Crippen LogP contribution in [0.2, 0.25) is 0 Å². The predicted octanol–water partition coefficient (Wildman–Crippen LogP) is -1.84. The number of nitrogens with one attached hydrogen (secondary N) is 2. The molecule has 4 N–H and O–H groups in total. The van der Waals surface area contributed by atoms with Gasteiger partial charge in [-0.2, -0.15) is 0 Å². The van der Waals surface area contributed by atoms with Gasteiger partial charge in [-0.1, -0.05) is 6.92 Å². The topological polar surface area (TPSA) is 98.7 Å². The second-order valence-corrected chi connectivity index (χ2v) is 2.44. The van der Waals surface area contributed by atoms with E-state index in [0.29, 0.717) is 6.54 Å². The maximum Gasteiger partial charge on any atom is 0.334 e. The van der Waals surface area contributed by atoms with Crippen molar-refractivity contribution in [1.29, 1.82) is 0 Å². The van der Waals surface area contributed by atoms with Crippen molar-refractivity contribution in [3.8, 4) is 0 Å². The van der Waals surface area contributed by atoms with Gasteiger partial charge in [0, 0.05) is 0 Å². The molecule has 1 atom stereocenters. The number of carbonyl (C=O) groups is 2. The summed E-state index contributed by atoms with van der Waals surface area (Å²) in [6, 6.07) is 0. The van der Waals surface area contributed by atoms with Crippen LogP contribution in [-0.4, -0.2) is 47.8 Å². The predicted molar refractivity (Wildman–Crippen MR) is 45.2 cm³/mol. The molecule has 6 heteroatoms. The molecule has 0 aromatic rings. The number of aliphatic hydroxyl groups excluding tert-OH is 1. The van der Waals surface area contributed by atoms with E-state index in [0.717, 1.165) is 0 Å². The highest BCUT2D eigenvalue weighted by atomic mass is 16.4. The van der Waals surface area contributed by atoms with Gasteiger partial charge < -0.3 is 20.8 Å². The molecule has 0 aromatic heterocycles. The number of carbonyl (C=O) groups excluding carboxylic acids is 1. The van der Waals surface area contributed by atoms with E-state index >= 15 is 0 Å². The van der Waals surface area contributed by atoms with E-state index in [1.165, 1.54) is 0 Å². The van der Waals surface area contributed by atoms with Gasteiger partial charge in [0.15, 0.2) is 6.10 Å². The third-order valence-electron chi connectivity index (χ3n) is 1.31. The largest absolute Gasteiger partial charge is 0.479 e. The van der Waals surface area contributed by atoms with Crippen molar-refractivity contribution in [2.75, 3.05) is 19.6 Å². The van der Waals surface area contributed by atoms with Gasteiger partial charge in [-0.3, -0.25) is 4.79 Å². The fourth-order valence-corrected chi connectivity index (χ4v) is 0.599. The van der Waals surface area contributed by atoms with Crippen LogP contribution in [0, 0.1) is 0 Å². The van der Waals surface area contributed by atoms with Crippen LogP contribution in [0.15, 0.2) is 0 Å². The summed E-state index contributed by atoms with van der Waals surface area (Å²) in [6.07, 6.45) is -1.54. The summed E-state index contributed by atoms with van der Waals surface area (Å²) in [4.78, 5) is 21.0. The standard InChI is InChI=1S/C7H14N2O4/c1-2-8-4-6(11)9-3-5(10)7(12)13/h5,8,10H,2-4H2,1H3,(H,9,11)(H,12,13). The van der Waals surface area contributed by atoms with Crippen molar-refractivity contribution >= 4 is 11.9 Å². The average molecular weight is 190 g/mol. The lowest BCUT2D eigenvalue weighted by Crippen LogP contribution is -2.40. The summed E-state index contributed by atoms with van der Waals surface area (Å²) in [6.45, 7) is 2.37. The lowest BCUT2D eigenvalue weighted by atomic mass is 10.3. The number of carboxylic acids is 1. The van der Waals surface area contributed by atoms with E-state index in [4.69, 9.17) is 10.2 Å². The second-order valence-electron chi connectivity index (χ2n) is 2.44. The van der Waals surface area contributed by atoms with Crippen molar-refractivity contribution < 1.29 is 19.8 Å². The Labute approximate surface area is 75.9 Å². The Morgan fingerprint density at radius 2 is 2.08 bits per heavy atom. The number of hydrogen-bond donors (Lipinski definition) is 4. The molecule has 0 aliphatic rings. The van der Waals surface area contributed by atoms with Crippen LogP contribution < -0.4 is 10.6 Å². The van der Waals surface area contributed by atoms with Gasteiger partial charge in [-0.25, -0.2) is 4.79 Å². The molecule has 0 aromatic carbocycles. The van der Waals surface area contributed by atoms with E-state index < -0.39 is 12.1 Å². The fraction of sp³-hybridized carbons (Fsp3) is 0.714. The maximum atomic E-state index is 10.9. The highest BCUT2D eigenvalue weighted by Crippen LogP contribution is 1.79. The lowest BCUT2D eigenvalue weighted by Gasteiger charge is -2.07. The van der Waals surface area contributed by atoms with Gasteiger partial charge in [0.2, 0.25) is 5.91 Å². The van der Waals surface area contributed by atoms with Gasteiger partial charge in [0.25, 0.3) is 0 Å². The summed E-state index contributed by atoms with van der Waals surface area (Å²) in [5, 5.41) is 22.0. The van der Waals surface area contributed by atoms with Crippen LogP contribution in [0.25, 0.3) is 0 Å². The molecule has 0 heterocycles. The number of amides is 1. The molecule has 0 spiro atoms. The van der Waals surface area contributed by atoms with Crippen molar-refractivity contribution in [2.24, 2.45) is 0 Å². The third kappa shape index (κ3) is 6.06. The molecule has 0 aliphatic carbocycles. The molecule has 0 saturated carbocycles. The van der Waals surface area contributed by atoms with Gasteiger partial charge >= 0.3 is 5.97 Å². The van der Waals surface area contributed by atoms with E-state index in [9.17, 15) is 9.59 Å². The van der Waals surface area contributed by atoms with Crippen LogP contribution >= 0.6 is 0 Å². The average Bonchev–Trinajstić information content (AvgIpc) is 2.10. The molecule has 76 valence electrons. The summed E-state index contributed by atoms with van der Waals surface area (Å²) in [7, 11) is 0. The van der Waals surface area contributed by atoms with Gasteiger partial charge in [0.1, 0.15) is 0 Å². The van der Waals surface area contributed by atoms with Crippen molar-refractivity contribution in [3.63, 3.8) is 0 Å². The summed E-state index contributed by atoms with van der Waals surface area (Å²) in [5.74, 6) is -1.68. The Balaban J connectivity index is 3.52. The van der Waals surface area contributed by atoms with E-state index in [1.807, 2.05) is 6.92 Å². The number of aliphatic hydroxyl groups is 1. The number of rotatable bonds is 6. The third-order valence-corrected chi connectivity index (χ3v) is 1.31. The first kappa shape index (κ1) is 11.9. The first-order valence-corrected chi connectivity index (χ1v) is 3.96. The quantitative estimate of drug-likeness (QED) is 0.394. The smallest absolute Gasteiger partial charge is 0.334 e. The van der Waals surface area contributed by atoms with Crippen LogP contribution in [0.1, 0.15) is 6.92 Å². The second kappa shape index (κ2) is 6.38. The van der Waals surface area contributed by atoms with E-state index in [-0.39, 0.29) is 19.0 Å². The molecule has 1 unspecified atom stereocenters. The Hall–Kier alpha value is -1.14. The minimum atomic E-state index is -1.54. The van der Waals surface area contributed by atoms with Crippen molar-refractivity contribution in [1.82, 2.24) is 10.6 Å². The van der Waals surface area contributed by atoms with Crippen LogP contribution in [0.4, 0.5) is 0 Å². The van der Waals surface area contributed by atoms with Gasteiger partial charge in [-0.05, 0) is 6.54 Å². The molecule has 0 fully saturated rings. The van der Waals surface area contributed by atoms with Crippen molar-refractivity contribution in [2.45, 2.75) is 13.0 Å². The van der Waals surface area contributed by atoms with Crippen molar-refractivity contribution in [3.05, 3.63) is 0 Å². The number of aliphatic carboxylic acids is 1. The summed E-state index contributed by atoms with van der Waals surface area (Å²) >= 11 is 0. The van der Waals surface area contributed by atoms with Gasteiger partial charge in [-0.15, -0.1) is 0 Å². The Bertz CT molecular complexity index is 183. The monoisotopic (exact) mass is 190 g/mol. The first-order chi connectivity index (χ1) is 6.07. The number of carboxylic acid groups (broad SMARTS) is 1. The zero-order valence-electron chi connectivity index (χ0n) is 7.41. The van der Waals surface area contributed by atoms with Gasteiger partial charge in [0.05, 0.1) is 13.1 Å². The number of hydrogen-bond acceptors (Lipinski definition) is 4.